The first-order valence-electron chi connectivity index (χ1n) is 6.11. The van der Waals surface area contributed by atoms with E-state index in [4.69, 9.17) is 15.2 Å². The van der Waals surface area contributed by atoms with Crippen LogP contribution in [0.5, 0.6) is 0 Å². The van der Waals surface area contributed by atoms with Gasteiger partial charge in [-0.15, -0.1) is 5.10 Å². The van der Waals surface area contributed by atoms with Gasteiger partial charge in [-0.05, 0) is 12.1 Å². The Morgan fingerprint density at radius 1 is 1.26 bits per heavy atom. The first-order valence-corrected chi connectivity index (χ1v) is 6.11. The summed E-state index contributed by atoms with van der Waals surface area (Å²) < 4.78 is 12.1. The monoisotopic (exact) mass is 262 g/mol. The molecule has 1 unspecified atom stereocenters. The van der Waals surface area contributed by atoms with Crippen LogP contribution in [0.25, 0.3) is 5.69 Å². The van der Waals surface area contributed by atoms with Crippen molar-refractivity contribution < 1.29 is 9.47 Å². The van der Waals surface area contributed by atoms with Crippen LogP contribution >= 0.6 is 0 Å². The van der Waals surface area contributed by atoms with Gasteiger partial charge in [-0.25, -0.2) is 4.68 Å². The number of aromatic nitrogens is 3. The van der Waals surface area contributed by atoms with Crippen LogP contribution in [0.15, 0.2) is 36.5 Å². The van der Waals surface area contributed by atoms with Crippen molar-refractivity contribution in [2.24, 2.45) is 5.73 Å². The number of methoxy groups -OCH3 is 1. The van der Waals surface area contributed by atoms with Crippen LogP contribution in [0, 0.1) is 0 Å². The van der Waals surface area contributed by atoms with Gasteiger partial charge in [0.15, 0.2) is 0 Å². The Morgan fingerprint density at radius 2 is 2.05 bits per heavy atom. The highest BCUT2D eigenvalue weighted by atomic mass is 16.5. The van der Waals surface area contributed by atoms with Gasteiger partial charge in [-0.1, -0.05) is 23.4 Å². The van der Waals surface area contributed by atoms with Crippen molar-refractivity contribution in [3.63, 3.8) is 0 Å². The van der Waals surface area contributed by atoms with Crippen molar-refractivity contribution in [2.45, 2.75) is 6.04 Å². The number of para-hydroxylation sites is 1. The van der Waals surface area contributed by atoms with Gasteiger partial charge < -0.3 is 15.2 Å². The molecule has 6 heteroatoms. The molecule has 1 heterocycles. The first kappa shape index (κ1) is 13.7. The molecule has 2 rings (SSSR count). The van der Waals surface area contributed by atoms with Crippen molar-refractivity contribution in [1.29, 1.82) is 0 Å². The molecule has 102 valence electrons. The number of benzene rings is 1. The van der Waals surface area contributed by atoms with Crippen LogP contribution < -0.4 is 5.73 Å². The quantitative estimate of drug-likeness (QED) is 0.751. The van der Waals surface area contributed by atoms with Gasteiger partial charge in [-0.3, -0.25) is 0 Å². The third-order valence-electron chi connectivity index (χ3n) is 2.69. The SMILES string of the molecule is COCCOCC(N)c1cnnn1-c1ccccc1. The van der Waals surface area contributed by atoms with Crippen molar-refractivity contribution in [3.05, 3.63) is 42.2 Å². The van der Waals surface area contributed by atoms with Crippen LogP contribution in [0.4, 0.5) is 0 Å². The van der Waals surface area contributed by atoms with Crippen LogP contribution in [0.3, 0.4) is 0 Å². The lowest BCUT2D eigenvalue weighted by molar-refractivity contribution is 0.0628. The fourth-order valence-corrected chi connectivity index (χ4v) is 1.70. The highest BCUT2D eigenvalue weighted by Gasteiger charge is 2.14. The van der Waals surface area contributed by atoms with Gasteiger partial charge in [0.25, 0.3) is 0 Å². The smallest absolute Gasteiger partial charge is 0.0836 e. The zero-order valence-corrected chi connectivity index (χ0v) is 10.9. The molecule has 0 saturated carbocycles. The highest BCUT2D eigenvalue weighted by molar-refractivity contribution is 5.32. The summed E-state index contributed by atoms with van der Waals surface area (Å²) >= 11 is 0. The zero-order chi connectivity index (χ0) is 13.5. The van der Waals surface area contributed by atoms with Crippen LogP contribution in [0.1, 0.15) is 11.7 Å². The second-order valence-electron chi connectivity index (χ2n) is 4.08. The fourth-order valence-electron chi connectivity index (χ4n) is 1.70. The molecule has 0 fully saturated rings. The topological polar surface area (TPSA) is 75.2 Å². The van der Waals surface area contributed by atoms with Crippen LogP contribution in [-0.4, -0.2) is 41.9 Å². The number of ether oxygens (including phenoxy) is 2. The predicted molar refractivity (Wildman–Crippen MR) is 71.0 cm³/mol. The molecule has 2 N–H and O–H groups in total. The van der Waals surface area contributed by atoms with E-state index in [1.54, 1.807) is 18.0 Å². The lowest BCUT2D eigenvalue weighted by atomic mass is 10.2. The van der Waals surface area contributed by atoms with Gasteiger partial charge in [0, 0.05) is 7.11 Å². The average Bonchev–Trinajstić information content (AvgIpc) is 2.94. The molecule has 1 aromatic carbocycles. The summed E-state index contributed by atoms with van der Waals surface area (Å²) in [6.07, 6.45) is 1.66. The average molecular weight is 262 g/mol. The summed E-state index contributed by atoms with van der Waals surface area (Å²) in [7, 11) is 1.64. The Bertz CT molecular complexity index is 486. The summed E-state index contributed by atoms with van der Waals surface area (Å²) in [6.45, 7) is 1.49. The Balaban J connectivity index is 2.03. The normalized spacial score (nSPS) is 12.5. The Morgan fingerprint density at radius 3 is 2.79 bits per heavy atom. The zero-order valence-electron chi connectivity index (χ0n) is 10.9. The summed E-state index contributed by atoms with van der Waals surface area (Å²) in [5.41, 5.74) is 7.85. The van der Waals surface area contributed by atoms with Gasteiger partial charge in [0.1, 0.15) is 0 Å². The number of rotatable bonds is 7. The molecule has 0 spiro atoms. The van der Waals surface area contributed by atoms with Gasteiger partial charge in [-0.2, -0.15) is 0 Å². The highest BCUT2D eigenvalue weighted by Crippen LogP contribution is 2.14. The van der Waals surface area contributed by atoms with E-state index < -0.39 is 0 Å². The molecule has 6 nitrogen and oxygen atoms in total. The van der Waals surface area contributed by atoms with Crippen molar-refractivity contribution in [1.82, 2.24) is 15.0 Å². The van der Waals surface area contributed by atoms with E-state index >= 15 is 0 Å². The third-order valence-corrected chi connectivity index (χ3v) is 2.69. The molecule has 0 bridgehead atoms. The summed E-state index contributed by atoms with van der Waals surface area (Å²) in [5, 5.41) is 7.98. The van der Waals surface area contributed by atoms with Gasteiger partial charge >= 0.3 is 0 Å². The lowest BCUT2D eigenvalue weighted by Gasteiger charge is -2.13. The molecule has 19 heavy (non-hydrogen) atoms. The molecule has 1 atom stereocenters. The van der Waals surface area contributed by atoms with Crippen LogP contribution in [0.2, 0.25) is 0 Å². The first-order chi connectivity index (χ1) is 9.33. The predicted octanol–water partition coefficient (Wildman–Crippen LogP) is 0.930. The van der Waals surface area contributed by atoms with Crippen molar-refractivity contribution in [3.8, 4) is 5.69 Å². The number of nitrogens with zero attached hydrogens (tertiary/aromatic N) is 3. The molecule has 0 amide bonds. The summed E-state index contributed by atoms with van der Waals surface area (Å²) in [4.78, 5) is 0. The summed E-state index contributed by atoms with van der Waals surface area (Å²) in [5.74, 6) is 0. The van der Waals surface area contributed by atoms with E-state index in [9.17, 15) is 0 Å². The number of hydrogen-bond donors (Lipinski definition) is 1. The minimum absolute atomic E-state index is 0.271. The molecule has 0 saturated heterocycles. The number of hydrogen-bond acceptors (Lipinski definition) is 5. The van der Waals surface area contributed by atoms with E-state index in [-0.39, 0.29) is 6.04 Å². The molecule has 0 radical (unpaired) electrons. The molecule has 0 aliphatic heterocycles. The largest absolute Gasteiger partial charge is 0.382 e. The maximum atomic E-state index is 6.09. The second-order valence-corrected chi connectivity index (χ2v) is 4.08. The Kier molecular flexibility index (Phi) is 5.02. The summed E-state index contributed by atoms with van der Waals surface area (Å²) in [6, 6.07) is 9.48. The van der Waals surface area contributed by atoms with E-state index in [0.717, 1.165) is 11.4 Å². The standard InChI is InChI=1S/C13H18N4O2/c1-18-7-8-19-10-12(14)13-9-15-16-17(13)11-5-3-2-4-6-11/h2-6,9,12H,7-8,10,14H2,1H3. The Labute approximate surface area is 112 Å². The second kappa shape index (κ2) is 6.98. The minimum Gasteiger partial charge on any atom is -0.382 e. The minimum atomic E-state index is -0.271. The molecule has 0 aliphatic rings. The van der Waals surface area contributed by atoms with Gasteiger partial charge in [0.2, 0.25) is 0 Å². The van der Waals surface area contributed by atoms with Crippen molar-refractivity contribution in [2.75, 3.05) is 26.9 Å². The van der Waals surface area contributed by atoms with E-state index in [1.165, 1.54) is 0 Å². The van der Waals surface area contributed by atoms with E-state index in [0.29, 0.717) is 19.8 Å². The van der Waals surface area contributed by atoms with E-state index in [1.807, 2.05) is 30.3 Å². The fraction of sp³-hybridized carbons (Fsp3) is 0.385. The lowest BCUT2D eigenvalue weighted by Crippen LogP contribution is -2.21. The maximum Gasteiger partial charge on any atom is 0.0836 e. The van der Waals surface area contributed by atoms with Gasteiger partial charge in [0.05, 0.1) is 43.4 Å². The molecule has 1 aromatic heterocycles. The number of nitrogens with two attached hydrogens (primary N) is 1. The third kappa shape index (κ3) is 3.60. The van der Waals surface area contributed by atoms with E-state index in [2.05, 4.69) is 10.3 Å². The molecular formula is C13H18N4O2. The Hall–Kier alpha value is -1.76. The molecule has 2 aromatic rings. The van der Waals surface area contributed by atoms with Crippen molar-refractivity contribution >= 4 is 0 Å². The molecular weight excluding hydrogens is 244 g/mol. The molecule has 0 aliphatic carbocycles. The maximum absolute atomic E-state index is 6.09. The van der Waals surface area contributed by atoms with Crippen LogP contribution in [-0.2, 0) is 9.47 Å².